The molecule has 0 saturated heterocycles. The van der Waals surface area contributed by atoms with Gasteiger partial charge in [-0.2, -0.15) is 0 Å². The van der Waals surface area contributed by atoms with Crippen molar-refractivity contribution in [2.75, 3.05) is 5.32 Å². The van der Waals surface area contributed by atoms with Gasteiger partial charge < -0.3 is 5.32 Å². The second kappa shape index (κ2) is 4.77. The smallest absolute Gasteiger partial charge is 0.221 e. The van der Waals surface area contributed by atoms with Crippen molar-refractivity contribution in [2.45, 2.75) is 6.92 Å². The number of nitrogens with zero attached hydrogens (tertiary/aromatic N) is 2. The molecule has 1 heterocycles. The summed E-state index contributed by atoms with van der Waals surface area (Å²) in [6, 6.07) is 17.7. The molecule has 0 atom stereocenters. The number of rotatable bonds is 1. The van der Waals surface area contributed by atoms with E-state index in [2.05, 4.69) is 28.5 Å². The third-order valence-corrected chi connectivity index (χ3v) is 3.65. The number of nitrogens with one attached hydrogen (secondary N) is 1. The number of carbonyl (C=O) groups excluding carboxylic acids is 1. The molecule has 4 rings (SSSR count). The molecular formula is C18H13N3O. The summed E-state index contributed by atoms with van der Waals surface area (Å²) in [5.41, 5.74) is 4.07. The highest BCUT2D eigenvalue weighted by atomic mass is 16.1. The zero-order valence-electron chi connectivity index (χ0n) is 12.0. The van der Waals surface area contributed by atoms with Crippen molar-refractivity contribution in [3.63, 3.8) is 0 Å². The Hall–Kier alpha value is -3.01. The molecular weight excluding hydrogens is 274 g/mol. The summed E-state index contributed by atoms with van der Waals surface area (Å²) >= 11 is 0. The van der Waals surface area contributed by atoms with Crippen molar-refractivity contribution in [3.8, 4) is 0 Å². The molecule has 0 aliphatic rings. The summed E-state index contributed by atoms with van der Waals surface area (Å²) < 4.78 is 0. The molecule has 0 aliphatic heterocycles. The van der Waals surface area contributed by atoms with E-state index in [0.717, 1.165) is 38.5 Å². The molecule has 0 saturated carbocycles. The molecule has 4 nitrogen and oxygen atoms in total. The average molecular weight is 287 g/mol. The van der Waals surface area contributed by atoms with Crippen LogP contribution in [-0.2, 0) is 4.79 Å². The number of benzene rings is 3. The van der Waals surface area contributed by atoms with E-state index < -0.39 is 0 Å². The van der Waals surface area contributed by atoms with Gasteiger partial charge in [0.1, 0.15) is 0 Å². The van der Waals surface area contributed by atoms with Crippen LogP contribution in [0.25, 0.3) is 32.8 Å². The highest BCUT2D eigenvalue weighted by Gasteiger charge is 2.06. The monoisotopic (exact) mass is 287 g/mol. The SMILES string of the molecule is CC(=O)Nc1ccc2nc3ccc4ccccc4c3nc2c1. The van der Waals surface area contributed by atoms with E-state index in [4.69, 9.17) is 4.98 Å². The van der Waals surface area contributed by atoms with Crippen LogP contribution >= 0.6 is 0 Å². The number of fused-ring (bicyclic) bond motifs is 4. The first-order valence-electron chi connectivity index (χ1n) is 7.07. The lowest BCUT2D eigenvalue weighted by molar-refractivity contribution is -0.114. The summed E-state index contributed by atoms with van der Waals surface area (Å²) in [6.45, 7) is 1.49. The second-order valence-corrected chi connectivity index (χ2v) is 5.26. The zero-order valence-corrected chi connectivity index (χ0v) is 12.0. The molecule has 0 spiro atoms. The molecule has 1 amide bonds. The Balaban J connectivity index is 2.03. The lowest BCUT2D eigenvalue weighted by Crippen LogP contribution is -2.05. The summed E-state index contributed by atoms with van der Waals surface area (Å²) in [6.07, 6.45) is 0. The van der Waals surface area contributed by atoms with Crippen molar-refractivity contribution in [1.82, 2.24) is 9.97 Å². The van der Waals surface area contributed by atoms with E-state index in [1.54, 1.807) is 0 Å². The van der Waals surface area contributed by atoms with Gasteiger partial charge in [0.05, 0.1) is 22.1 Å². The Bertz CT molecular complexity index is 1040. The van der Waals surface area contributed by atoms with Crippen LogP contribution in [0.1, 0.15) is 6.92 Å². The van der Waals surface area contributed by atoms with Crippen LogP contribution in [0.2, 0.25) is 0 Å². The highest BCUT2D eigenvalue weighted by Crippen LogP contribution is 2.25. The third kappa shape index (κ3) is 2.05. The second-order valence-electron chi connectivity index (χ2n) is 5.26. The fraction of sp³-hybridized carbons (Fsp3) is 0.0556. The lowest BCUT2D eigenvalue weighted by atomic mass is 10.1. The normalized spacial score (nSPS) is 11.1. The fourth-order valence-corrected chi connectivity index (χ4v) is 2.69. The van der Waals surface area contributed by atoms with Crippen LogP contribution < -0.4 is 5.32 Å². The van der Waals surface area contributed by atoms with E-state index in [0.29, 0.717) is 0 Å². The van der Waals surface area contributed by atoms with Crippen molar-refractivity contribution < 1.29 is 4.79 Å². The highest BCUT2D eigenvalue weighted by molar-refractivity contribution is 6.06. The van der Waals surface area contributed by atoms with Gasteiger partial charge in [-0.1, -0.05) is 30.3 Å². The molecule has 0 bridgehead atoms. The molecule has 4 heteroatoms. The Kier molecular flexibility index (Phi) is 2.76. The van der Waals surface area contributed by atoms with Crippen LogP contribution in [0.4, 0.5) is 5.69 Å². The van der Waals surface area contributed by atoms with Gasteiger partial charge in [0.25, 0.3) is 0 Å². The van der Waals surface area contributed by atoms with Gasteiger partial charge in [-0.25, -0.2) is 9.97 Å². The number of aromatic nitrogens is 2. The molecule has 3 aromatic carbocycles. The van der Waals surface area contributed by atoms with Gasteiger partial charge in [0, 0.05) is 18.0 Å². The number of amides is 1. The Morgan fingerprint density at radius 3 is 2.59 bits per heavy atom. The Morgan fingerprint density at radius 2 is 1.73 bits per heavy atom. The number of hydrogen-bond acceptors (Lipinski definition) is 3. The molecule has 0 aliphatic carbocycles. The van der Waals surface area contributed by atoms with Crippen molar-refractivity contribution in [2.24, 2.45) is 0 Å². The molecule has 106 valence electrons. The van der Waals surface area contributed by atoms with Crippen LogP contribution in [0, 0.1) is 0 Å². The van der Waals surface area contributed by atoms with Crippen LogP contribution in [-0.4, -0.2) is 15.9 Å². The van der Waals surface area contributed by atoms with E-state index in [1.165, 1.54) is 6.92 Å². The minimum atomic E-state index is -0.0986. The third-order valence-electron chi connectivity index (χ3n) is 3.65. The predicted octanol–water partition coefficient (Wildman–Crippen LogP) is 3.89. The Morgan fingerprint density at radius 1 is 0.909 bits per heavy atom. The van der Waals surface area contributed by atoms with Crippen LogP contribution in [0.15, 0.2) is 54.6 Å². The molecule has 1 aromatic heterocycles. The van der Waals surface area contributed by atoms with Gasteiger partial charge >= 0.3 is 0 Å². The summed E-state index contributed by atoms with van der Waals surface area (Å²) in [5.74, 6) is -0.0986. The molecule has 4 aromatic rings. The number of anilines is 1. The molecule has 0 fully saturated rings. The van der Waals surface area contributed by atoms with E-state index in [1.807, 2.05) is 36.4 Å². The quantitative estimate of drug-likeness (QED) is 0.427. The first-order valence-corrected chi connectivity index (χ1v) is 7.07. The maximum atomic E-state index is 11.2. The molecule has 1 N–H and O–H groups in total. The first kappa shape index (κ1) is 12.7. The van der Waals surface area contributed by atoms with Crippen LogP contribution in [0.3, 0.4) is 0 Å². The standard InChI is InChI=1S/C18H13N3O/c1-11(22)19-13-7-9-15-17(10-13)21-18-14-5-3-2-4-12(14)6-8-16(18)20-15/h2-10H,1H3,(H,19,22). The van der Waals surface area contributed by atoms with Gasteiger partial charge in [-0.15, -0.1) is 0 Å². The zero-order chi connectivity index (χ0) is 15.1. The van der Waals surface area contributed by atoms with Gasteiger partial charge in [-0.3, -0.25) is 4.79 Å². The Labute approximate surface area is 126 Å². The summed E-state index contributed by atoms with van der Waals surface area (Å²) in [7, 11) is 0. The number of carbonyl (C=O) groups is 1. The maximum Gasteiger partial charge on any atom is 0.221 e. The van der Waals surface area contributed by atoms with Gasteiger partial charge in [-0.05, 0) is 29.7 Å². The van der Waals surface area contributed by atoms with E-state index in [-0.39, 0.29) is 5.91 Å². The minimum absolute atomic E-state index is 0.0986. The van der Waals surface area contributed by atoms with E-state index >= 15 is 0 Å². The van der Waals surface area contributed by atoms with Crippen molar-refractivity contribution in [1.29, 1.82) is 0 Å². The lowest BCUT2D eigenvalue weighted by Gasteiger charge is -2.06. The average Bonchev–Trinajstić information content (AvgIpc) is 2.52. The topological polar surface area (TPSA) is 54.9 Å². The fourth-order valence-electron chi connectivity index (χ4n) is 2.69. The van der Waals surface area contributed by atoms with Gasteiger partial charge in [0.15, 0.2) is 0 Å². The minimum Gasteiger partial charge on any atom is -0.326 e. The first-order chi connectivity index (χ1) is 10.7. The molecule has 0 radical (unpaired) electrons. The van der Waals surface area contributed by atoms with Crippen LogP contribution in [0.5, 0.6) is 0 Å². The van der Waals surface area contributed by atoms with Gasteiger partial charge in [0.2, 0.25) is 5.91 Å². The van der Waals surface area contributed by atoms with Crippen molar-refractivity contribution in [3.05, 3.63) is 54.6 Å². The molecule has 0 unspecified atom stereocenters. The number of hydrogen-bond donors (Lipinski definition) is 1. The largest absolute Gasteiger partial charge is 0.326 e. The van der Waals surface area contributed by atoms with Crippen molar-refractivity contribution >= 4 is 44.4 Å². The summed E-state index contributed by atoms with van der Waals surface area (Å²) in [4.78, 5) is 20.6. The predicted molar refractivity (Wildman–Crippen MR) is 88.9 cm³/mol. The summed E-state index contributed by atoms with van der Waals surface area (Å²) in [5, 5.41) is 5.00. The van der Waals surface area contributed by atoms with E-state index in [9.17, 15) is 4.79 Å². The molecule has 22 heavy (non-hydrogen) atoms. The maximum absolute atomic E-state index is 11.2.